The molecule has 0 nitrogen and oxygen atoms in total. The average molecular weight is 250 g/mol. The number of rotatable bonds is 3. The van der Waals surface area contributed by atoms with E-state index in [0.29, 0.717) is 17.0 Å². The number of hydrogen-bond donors (Lipinski definition) is 0. The summed E-state index contributed by atoms with van der Waals surface area (Å²) in [6, 6.07) is 3.36. The molecule has 16 heavy (non-hydrogen) atoms. The summed E-state index contributed by atoms with van der Waals surface area (Å²) in [6.45, 7) is 7.18. The molecule has 0 radical (unpaired) electrons. The summed E-state index contributed by atoms with van der Waals surface area (Å²) in [5, 5.41) is 0. The lowest BCUT2D eigenvalue weighted by molar-refractivity contribution is 0.629. The minimum atomic E-state index is -5.11. The molecule has 1 aromatic carbocycles. The van der Waals surface area contributed by atoms with E-state index in [1.54, 1.807) is 26.0 Å². The van der Waals surface area contributed by atoms with E-state index in [-0.39, 0.29) is 0 Å². The molecule has 0 aliphatic heterocycles. The molecule has 1 atom stereocenters. The first-order valence-electron chi connectivity index (χ1n) is 5.30. The zero-order valence-corrected chi connectivity index (χ0v) is 10.8. The van der Waals surface area contributed by atoms with Gasteiger partial charge in [0.25, 0.3) is 0 Å². The predicted octanol–water partition coefficient (Wildman–Crippen LogP) is 5.63. The molecule has 0 heterocycles. The molecule has 1 rings (SSSR count). The van der Waals surface area contributed by atoms with Crippen LogP contribution in [0.3, 0.4) is 0 Å². The Labute approximate surface area is 97.1 Å². The van der Waals surface area contributed by atoms with Crippen LogP contribution in [0.2, 0.25) is 0 Å². The fourth-order valence-electron chi connectivity index (χ4n) is 1.87. The summed E-state index contributed by atoms with van der Waals surface area (Å²) in [4.78, 5) is -0.403. The first-order chi connectivity index (χ1) is 7.27. The van der Waals surface area contributed by atoms with Gasteiger partial charge in [-0.05, 0) is 42.9 Å². The Morgan fingerprint density at radius 2 is 1.56 bits per heavy atom. The summed E-state index contributed by atoms with van der Waals surface area (Å²) in [7, 11) is 0. The third-order valence-corrected chi connectivity index (χ3v) is 4.00. The molecule has 0 N–H and O–H groups in total. The van der Waals surface area contributed by atoms with E-state index < -0.39 is 16.1 Å². The van der Waals surface area contributed by atoms with Gasteiger partial charge in [-0.3, -0.25) is 0 Å². The number of hydrogen-bond acceptors (Lipinski definition) is 0. The Balaban J connectivity index is 3.28. The van der Waals surface area contributed by atoms with Crippen LogP contribution in [0.15, 0.2) is 17.0 Å². The molecule has 92 valence electrons. The van der Waals surface area contributed by atoms with Gasteiger partial charge >= 0.3 is 0 Å². The van der Waals surface area contributed by atoms with Crippen molar-refractivity contribution >= 4 is 11.2 Å². The second-order valence-corrected chi connectivity index (χ2v) is 5.42. The summed E-state index contributed by atoms with van der Waals surface area (Å²) in [5.74, 6) is 0.315. The average Bonchev–Trinajstić information content (AvgIpc) is 2.13. The molecule has 0 saturated carbocycles. The predicted molar refractivity (Wildman–Crippen MR) is 63.8 cm³/mol. The van der Waals surface area contributed by atoms with Crippen LogP contribution in [-0.2, 0) is 0 Å². The lowest BCUT2D eigenvalue weighted by Gasteiger charge is -2.19. The Hall–Kier alpha value is -0.640. The van der Waals surface area contributed by atoms with Crippen molar-refractivity contribution in [2.75, 3.05) is 0 Å². The highest BCUT2D eigenvalue weighted by Crippen LogP contribution is 2.62. The lowest BCUT2D eigenvalue weighted by atomic mass is 9.95. The Kier molecular flexibility index (Phi) is 3.94. The van der Waals surface area contributed by atoms with Gasteiger partial charge < -0.3 is 0 Å². The Morgan fingerprint density at radius 1 is 1.12 bits per heavy atom. The Bertz CT molecular complexity index is 359. The van der Waals surface area contributed by atoms with Crippen molar-refractivity contribution in [3.63, 3.8) is 0 Å². The van der Waals surface area contributed by atoms with Gasteiger partial charge in [0.05, 0.1) is 4.90 Å². The molecule has 0 bridgehead atoms. The molecule has 0 aromatic heterocycles. The second kappa shape index (κ2) is 4.70. The Morgan fingerprint density at radius 3 is 1.88 bits per heavy atom. The van der Waals surface area contributed by atoms with E-state index in [1.165, 1.54) is 0 Å². The van der Waals surface area contributed by atoms with Gasteiger partial charge in [-0.25, -0.2) is 0 Å². The van der Waals surface area contributed by atoms with Crippen molar-refractivity contribution in [2.45, 2.75) is 44.9 Å². The van der Waals surface area contributed by atoms with Crippen LogP contribution in [0.1, 0.15) is 42.9 Å². The van der Waals surface area contributed by atoms with Crippen LogP contribution in [0.25, 0.3) is 0 Å². The molecular weight excluding hydrogens is 233 g/mol. The molecule has 0 aliphatic rings. The zero-order valence-electron chi connectivity index (χ0n) is 9.98. The van der Waals surface area contributed by atoms with Crippen LogP contribution in [0.5, 0.6) is 0 Å². The quantitative estimate of drug-likeness (QED) is 0.651. The van der Waals surface area contributed by atoms with Crippen molar-refractivity contribution in [1.29, 1.82) is 0 Å². The van der Waals surface area contributed by atoms with E-state index in [4.69, 9.17) is 0 Å². The molecule has 0 amide bonds. The molecule has 0 aliphatic carbocycles. The zero-order chi connectivity index (χ0) is 12.5. The molecule has 0 spiro atoms. The number of halogens is 3. The normalized spacial score (nSPS) is 14.9. The van der Waals surface area contributed by atoms with Gasteiger partial charge in [0, 0.05) is 0 Å². The molecular formula is C12H17F3S. The summed E-state index contributed by atoms with van der Waals surface area (Å²) >= 11 is -5.11. The van der Waals surface area contributed by atoms with Crippen molar-refractivity contribution in [1.82, 2.24) is 0 Å². The minimum absolute atomic E-state index is 0.315. The van der Waals surface area contributed by atoms with E-state index in [1.807, 2.05) is 13.8 Å². The maximum atomic E-state index is 12.8. The van der Waals surface area contributed by atoms with Gasteiger partial charge in [-0.15, -0.1) is 11.7 Å². The summed E-state index contributed by atoms with van der Waals surface area (Å²) in [5.41, 5.74) is 1.72. The van der Waals surface area contributed by atoms with Crippen LogP contribution < -0.4 is 0 Å². The summed E-state index contributed by atoms with van der Waals surface area (Å²) in [6.07, 6.45) is 0.942. The molecule has 1 unspecified atom stereocenters. The van der Waals surface area contributed by atoms with Crippen molar-refractivity contribution in [2.24, 2.45) is 0 Å². The largest absolute Gasteiger partial charge is 0.238 e. The minimum Gasteiger partial charge on any atom is -0.120 e. The van der Waals surface area contributed by atoms with Crippen LogP contribution in [0.4, 0.5) is 11.7 Å². The van der Waals surface area contributed by atoms with E-state index >= 15 is 0 Å². The topological polar surface area (TPSA) is 0 Å². The van der Waals surface area contributed by atoms with E-state index in [2.05, 4.69) is 0 Å². The first-order valence-corrected chi connectivity index (χ1v) is 6.64. The number of aryl methyl sites for hydroxylation is 2. The van der Waals surface area contributed by atoms with Gasteiger partial charge in [-0.1, -0.05) is 26.0 Å². The van der Waals surface area contributed by atoms with Gasteiger partial charge in [0.1, 0.15) is 0 Å². The van der Waals surface area contributed by atoms with Crippen molar-refractivity contribution in [3.8, 4) is 0 Å². The molecule has 0 saturated heterocycles. The second-order valence-electron chi connectivity index (χ2n) is 4.20. The maximum absolute atomic E-state index is 12.8. The standard InChI is InChI=1S/C12H17F3S/c1-5-8(2)11-6-9(3)12(10(4)7-11)16(13,14)15/h6-8H,5H2,1-4H3. The molecule has 4 heteroatoms. The maximum Gasteiger partial charge on any atom is 0.238 e. The molecule has 0 fully saturated rings. The van der Waals surface area contributed by atoms with Crippen LogP contribution in [-0.4, -0.2) is 0 Å². The van der Waals surface area contributed by atoms with E-state index in [9.17, 15) is 11.7 Å². The monoisotopic (exact) mass is 250 g/mol. The van der Waals surface area contributed by atoms with Crippen LogP contribution >= 0.6 is 11.2 Å². The highest BCUT2D eigenvalue weighted by atomic mass is 32.3. The van der Waals surface area contributed by atoms with Gasteiger partial charge in [-0.2, -0.15) is 0 Å². The van der Waals surface area contributed by atoms with Crippen molar-refractivity contribution < 1.29 is 11.7 Å². The van der Waals surface area contributed by atoms with Crippen molar-refractivity contribution in [3.05, 3.63) is 28.8 Å². The fraction of sp³-hybridized carbons (Fsp3) is 0.500. The van der Waals surface area contributed by atoms with Gasteiger partial charge in [0.15, 0.2) is 0 Å². The number of benzene rings is 1. The van der Waals surface area contributed by atoms with E-state index in [0.717, 1.165) is 12.0 Å². The third kappa shape index (κ3) is 2.73. The fourth-order valence-corrected chi connectivity index (χ4v) is 2.72. The van der Waals surface area contributed by atoms with Crippen LogP contribution in [0, 0.1) is 13.8 Å². The SMILES string of the molecule is CCC(C)c1cc(C)c(S(F)(F)F)c(C)c1. The smallest absolute Gasteiger partial charge is 0.120 e. The highest BCUT2D eigenvalue weighted by molar-refractivity contribution is 8.21. The first kappa shape index (κ1) is 13.4. The summed E-state index contributed by atoms with van der Waals surface area (Å²) < 4.78 is 38.4. The van der Waals surface area contributed by atoms with Gasteiger partial charge in [0.2, 0.25) is 11.2 Å². The molecule has 1 aromatic rings. The third-order valence-electron chi connectivity index (χ3n) is 2.90. The highest BCUT2D eigenvalue weighted by Gasteiger charge is 2.29. The lowest BCUT2D eigenvalue weighted by Crippen LogP contribution is -1.97.